The molecule has 126 valence electrons. The van der Waals surface area contributed by atoms with E-state index >= 15 is 0 Å². The number of tetrazole rings is 1. The molecule has 10 nitrogen and oxygen atoms in total. The van der Waals surface area contributed by atoms with Crippen LogP contribution < -0.4 is 10.6 Å². The molecule has 24 heavy (non-hydrogen) atoms. The Morgan fingerprint density at radius 2 is 2.00 bits per heavy atom. The van der Waals surface area contributed by atoms with Crippen LogP contribution in [0.2, 0.25) is 0 Å². The third kappa shape index (κ3) is 5.48. The van der Waals surface area contributed by atoms with Crippen LogP contribution in [0.5, 0.6) is 0 Å². The standard InChI is InChI=1S/C14H16N6O4/c1-10(24-12(21)8-20-9-16-18-19-20)13(22)17-14(23)15-7-11-5-3-2-4-6-11/h2-6,9-10H,7-8H2,1H3,(H2,15,17,22,23)/t10-/m0/s1. The summed E-state index contributed by atoms with van der Waals surface area (Å²) < 4.78 is 6.05. The summed E-state index contributed by atoms with van der Waals surface area (Å²) in [4.78, 5) is 35.1. The van der Waals surface area contributed by atoms with Crippen LogP contribution >= 0.6 is 0 Å². The minimum Gasteiger partial charge on any atom is -0.451 e. The van der Waals surface area contributed by atoms with Gasteiger partial charge in [-0.25, -0.2) is 9.48 Å². The van der Waals surface area contributed by atoms with Gasteiger partial charge in [0, 0.05) is 6.54 Å². The van der Waals surface area contributed by atoms with E-state index in [9.17, 15) is 14.4 Å². The highest BCUT2D eigenvalue weighted by Gasteiger charge is 2.20. The van der Waals surface area contributed by atoms with Gasteiger partial charge < -0.3 is 10.1 Å². The van der Waals surface area contributed by atoms with E-state index in [4.69, 9.17) is 4.74 Å². The van der Waals surface area contributed by atoms with Crippen molar-refractivity contribution in [3.63, 3.8) is 0 Å². The van der Waals surface area contributed by atoms with Gasteiger partial charge in [0.05, 0.1) is 0 Å². The van der Waals surface area contributed by atoms with Gasteiger partial charge in [0.2, 0.25) is 0 Å². The van der Waals surface area contributed by atoms with Crippen molar-refractivity contribution < 1.29 is 19.1 Å². The van der Waals surface area contributed by atoms with E-state index in [0.29, 0.717) is 0 Å². The number of nitrogens with zero attached hydrogens (tertiary/aromatic N) is 4. The molecule has 2 N–H and O–H groups in total. The van der Waals surface area contributed by atoms with Gasteiger partial charge in [-0.2, -0.15) is 0 Å². The van der Waals surface area contributed by atoms with Gasteiger partial charge in [0.25, 0.3) is 5.91 Å². The first-order chi connectivity index (χ1) is 11.5. The molecule has 0 radical (unpaired) electrons. The predicted octanol–water partition coefficient (Wildman–Crippen LogP) is -0.369. The van der Waals surface area contributed by atoms with Gasteiger partial charge in [-0.3, -0.25) is 14.9 Å². The predicted molar refractivity (Wildman–Crippen MR) is 80.2 cm³/mol. The topological polar surface area (TPSA) is 128 Å². The van der Waals surface area contributed by atoms with Crippen LogP contribution in [0.1, 0.15) is 12.5 Å². The molecule has 0 unspecified atom stereocenters. The summed E-state index contributed by atoms with van der Waals surface area (Å²) in [7, 11) is 0. The fraction of sp³-hybridized carbons (Fsp3) is 0.286. The van der Waals surface area contributed by atoms with Gasteiger partial charge >= 0.3 is 12.0 Å². The van der Waals surface area contributed by atoms with Crippen molar-refractivity contribution in [1.29, 1.82) is 0 Å². The van der Waals surface area contributed by atoms with E-state index < -0.39 is 24.0 Å². The second-order valence-corrected chi connectivity index (χ2v) is 4.80. The lowest BCUT2D eigenvalue weighted by Crippen LogP contribution is -2.44. The molecule has 0 aliphatic carbocycles. The molecule has 0 fully saturated rings. The summed E-state index contributed by atoms with van der Waals surface area (Å²) >= 11 is 0. The molecule has 0 saturated heterocycles. The maximum absolute atomic E-state index is 11.8. The van der Waals surface area contributed by atoms with Gasteiger partial charge in [-0.15, -0.1) is 5.10 Å². The third-order valence-electron chi connectivity index (χ3n) is 2.89. The van der Waals surface area contributed by atoms with E-state index in [1.54, 1.807) is 0 Å². The van der Waals surface area contributed by atoms with Crippen LogP contribution in [-0.4, -0.2) is 44.2 Å². The smallest absolute Gasteiger partial charge is 0.328 e. The molecule has 2 rings (SSSR count). The van der Waals surface area contributed by atoms with Crippen LogP contribution in [0.15, 0.2) is 36.7 Å². The van der Waals surface area contributed by atoms with Crippen LogP contribution in [0.25, 0.3) is 0 Å². The highest BCUT2D eigenvalue weighted by Crippen LogP contribution is 1.97. The summed E-state index contributed by atoms with van der Waals surface area (Å²) in [6.45, 7) is 1.40. The largest absolute Gasteiger partial charge is 0.451 e. The minimum absolute atomic E-state index is 0.231. The summed E-state index contributed by atoms with van der Waals surface area (Å²) in [6.07, 6.45) is 0.111. The number of ether oxygens (including phenoxy) is 1. The van der Waals surface area contributed by atoms with Crippen molar-refractivity contribution in [2.24, 2.45) is 0 Å². The number of hydrogen-bond donors (Lipinski definition) is 2. The van der Waals surface area contributed by atoms with Crippen LogP contribution in [-0.2, 0) is 27.4 Å². The van der Waals surface area contributed by atoms with E-state index in [1.807, 2.05) is 30.3 Å². The molecule has 1 atom stereocenters. The zero-order valence-electron chi connectivity index (χ0n) is 12.9. The monoisotopic (exact) mass is 332 g/mol. The van der Waals surface area contributed by atoms with E-state index in [0.717, 1.165) is 10.2 Å². The first kappa shape index (κ1) is 17.1. The molecule has 0 bridgehead atoms. The first-order valence-corrected chi connectivity index (χ1v) is 7.07. The quantitative estimate of drug-likeness (QED) is 0.691. The molecule has 1 aromatic heterocycles. The van der Waals surface area contributed by atoms with E-state index in [2.05, 4.69) is 26.2 Å². The summed E-state index contributed by atoms with van der Waals surface area (Å²) in [5, 5.41) is 14.9. The molecule has 0 aliphatic rings. The number of rotatable bonds is 6. The number of benzene rings is 1. The van der Waals surface area contributed by atoms with E-state index in [-0.39, 0.29) is 13.1 Å². The van der Waals surface area contributed by atoms with Crippen molar-refractivity contribution in [2.75, 3.05) is 0 Å². The Hall–Kier alpha value is -3.30. The SMILES string of the molecule is C[C@H](OC(=O)Cn1cnnn1)C(=O)NC(=O)NCc1ccccc1. The molecule has 1 heterocycles. The maximum Gasteiger partial charge on any atom is 0.328 e. The zero-order valence-corrected chi connectivity index (χ0v) is 12.9. The number of carbonyl (C=O) groups excluding carboxylic acids is 3. The van der Waals surface area contributed by atoms with Crippen LogP contribution in [0.4, 0.5) is 4.79 Å². The van der Waals surface area contributed by atoms with E-state index in [1.165, 1.54) is 13.3 Å². The van der Waals surface area contributed by atoms with Crippen LogP contribution in [0, 0.1) is 0 Å². The van der Waals surface area contributed by atoms with Crippen LogP contribution in [0.3, 0.4) is 0 Å². The molecule has 0 spiro atoms. The number of aromatic nitrogens is 4. The Balaban J connectivity index is 1.72. The number of esters is 1. The fourth-order valence-electron chi connectivity index (χ4n) is 1.71. The van der Waals surface area contributed by atoms with Crippen molar-refractivity contribution in [3.8, 4) is 0 Å². The van der Waals surface area contributed by atoms with Crippen molar-refractivity contribution >= 4 is 17.9 Å². The average molecular weight is 332 g/mol. The Morgan fingerprint density at radius 1 is 1.25 bits per heavy atom. The number of urea groups is 1. The summed E-state index contributed by atoms with van der Waals surface area (Å²) in [5.41, 5.74) is 0.890. The fourth-order valence-corrected chi connectivity index (χ4v) is 1.71. The number of hydrogen-bond acceptors (Lipinski definition) is 7. The second kappa shape index (κ2) is 8.36. The lowest BCUT2D eigenvalue weighted by Gasteiger charge is -2.13. The highest BCUT2D eigenvalue weighted by atomic mass is 16.5. The lowest BCUT2D eigenvalue weighted by molar-refractivity contribution is -0.155. The average Bonchev–Trinajstić information content (AvgIpc) is 3.06. The van der Waals surface area contributed by atoms with Crippen molar-refractivity contribution in [3.05, 3.63) is 42.2 Å². The Bertz CT molecular complexity index is 689. The van der Waals surface area contributed by atoms with Crippen molar-refractivity contribution in [1.82, 2.24) is 30.8 Å². The molecule has 0 aliphatic heterocycles. The number of amides is 3. The zero-order chi connectivity index (χ0) is 17.4. The van der Waals surface area contributed by atoms with Gasteiger partial charge in [-0.05, 0) is 22.9 Å². The molecular weight excluding hydrogens is 316 g/mol. The normalized spacial score (nSPS) is 11.4. The Labute approximate surface area is 137 Å². The highest BCUT2D eigenvalue weighted by molar-refractivity contribution is 5.97. The molecule has 10 heteroatoms. The summed E-state index contributed by atoms with van der Waals surface area (Å²) in [6, 6.07) is 8.54. The lowest BCUT2D eigenvalue weighted by atomic mass is 10.2. The van der Waals surface area contributed by atoms with Crippen molar-refractivity contribution in [2.45, 2.75) is 26.1 Å². The number of carbonyl (C=O) groups is 3. The van der Waals surface area contributed by atoms with Gasteiger partial charge in [-0.1, -0.05) is 30.3 Å². The molecule has 2 aromatic rings. The maximum atomic E-state index is 11.8. The molecule has 3 amide bonds. The second-order valence-electron chi connectivity index (χ2n) is 4.80. The molecule has 0 saturated carbocycles. The Morgan fingerprint density at radius 3 is 2.67 bits per heavy atom. The number of nitrogens with one attached hydrogen (secondary N) is 2. The molecule has 1 aromatic carbocycles. The number of imide groups is 1. The Kier molecular flexibility index (Phi) is 5.95. The molecular formula is C14H16N6O4. The first-order valence-electron chi connectivity index (χ1n) is 7.07. The van der Waals surface area contributed by atoms with Gasteiger partial charge in [0.15, 0.2) is 6.10 Å². The minimum atomic E-state index is -1.13. The summed E-state index contributed by atoms with van der Waals surface area (Å²) in [5.74, 6) is -1.43. The third-order valence-corrected chi connectivity index (χ3v) is 2.89. The van der Waals surface area contributed by atoms with Gasteiger partial charge in [0.1, 0.15) is 12.9 Å².